The number of hydrogen-bond acceptors (Lipinski definition) is 3. The number of piperidine rings is 1. The summed E-state index contributed by atoms with van der Waals surface area (Å²) in [5.74, 6) is -0.0141. The number of carbonyl (C=O) groups excluding carboxylic acids is 1. The van der Waals surface area contributed by atoms with E-state index in [1.165, 1.54) is 0 Å². The first-order valence-corrected chi connectivity index (χ1v) is 6.99. The monoisotopic (exact) mass is 273 g/mol. The molecule has 2 heterocycles. The van der Waals surface area contributed by atoms with Crippen molar-refractivity contribution in [2.75, 3.05) is 18.9 Å². The number of anilines is 1. The van der Waals surface area contributed by atoms with E-state index >= 15 is 0 Å². The van der Waals surface area contributed by atoms with E-state index in [1.807, 2.05) is 12.1 Å². The SMILES string of the molecule is Nc1ccc2c(C(=O)N3CCCCC3CO)c[nH]c2c1. The second-order valence-corrected chi connectivity index (χ2v) is 5.34. The topological polar surface area (TPSA) is 82.3 Å². The third-order valence-electron chi connectivity index (χ3n) is 4.03. The zero-order valence-electron chi connectivity index (χ0n) is 11.3. The van der Waals surface area contributed by atoms with Crippen molar-refractivity contribution in [2.24, 2.45) is 0 Å². The largest absolute Gasteiger partial charge is 0.399 e. The van der Waals surface area contributed by atoms with Gasteiger partial charge in [0.15, 0.2) is 0 Å². The van der Waals surface area contributed by atoms with Gasteiger partial charge in [-0.25, -0.2) is 0 Å². The van der Waals surface area contributed by atoms with Crippen LogP contribution in [0.4, 0.5) is 5.69 Å². The van der Waals surface area contributed by atoms with Crippen LogP contribution in [0.1, 0.15) is 29.6 Å². The minimum Gasteiger partial charge on any atom is -0.399 e. The van der Waals surface area contributed by atoms with Crippen LogP contribution in [0, 0.1) is 0 Å². The maximum Gasteiger partial charge on any atom is 0.256 e. The van der Waals surface area contributed by atoms with Crippen LogP contribution in [0.25, 0.3) is 10.9 Å². The molecule has 0 aliphatic carbocycles. The molecule has 3 rings (SSSR count). The molecular formula is C15H19N3O2. The quantitative estimate of drug-likeness (QED) is 0.729. The lowest BCUT2D eigenvalue weighted by molar-refractivity contribution is 0.0505. The van der Waals surface area contributed by atoms with Crippen molar-refractivity contribution >= 4 is 22.5 Å². The Balaban J connectivity index is 1.95. The summed E-state index contributed by atoms with van der Waals surface area (Å²) in [5, 5.41) is 10.3. The molecule has 0 saturated carbocycles. The van der Waals surface area contributed by atoms with Crippen molar-refractivity contribution in [3.05, 3.63) is 30.0 Å². The van der Waals surface area contributed by atoms with Gasteiger partial charge in [0.05, 0.1) is 18.2 Å². The van der Waals surface area contributed by atoms with Gasteiger partial charge in [0, 0.05) is 29.3 Å². The Kier molecular flexibility index (Phi) is 3.36. The van der Waals surface area contributed by atoms with E-state index < -0.39 is 0 Å². The van der Waals surface area contributed by atoms with Gasteiger partial charge in [0.1, 0.15) is 0 Å². The lowest BCUT2D eigenvalue weighted by atomic mass is 10.0. The van der Waals surface area contributed by atoms with Crippen molar-refractivity contribution in [3.63, 3.8) is 0 Å². The highest BCUT2D eigenvalue weighted by Gasteiger charge is 2.28. The standard InChI is InChI=1S/C15H19N3O2/c16-10-4-5-12-13(8-17-14(12)7-10)15(20)18-6-2-1-3-11(18)9-19/h4-5,7-8,11,17,19H,1-3,6,9,16H2. The number of aliphatic hydroxyl groups excluding tert-OH is 1. The lowest BCUT2D eigenvalue weighted by Crippen LogP contribution is -2.45. The summed E-state index contributed by atoms with van der Waals surface area (Å²) in [6, 6.07) is 5.43. The van der Waals surface area contributed by atoms with Crippen LogP contribution in [0.5, 0.6) is 0 Å². The summed E-state index contributed by atoms with van der Waals surface area (Å²) in [6.07, 6.45) is 4.67. The Morgan fingerprint density at radius 3 is 3.10 bits per heavy atom. The summed E-state index contributed by atoms with van der Waals surface area (Å²) < 4.78 is 0. The van der Waals surface area contributed by atoms with Crippen LogP contribution in [0.15, 0.2) is 24.4 Å². The molecule has 5 heteroatoms. The Morgan fingerprint density at radius 2 is 2.30 bits per heavy atom. The second kappa shape index (κ2) is 5.17. The molecule has 1 aliphatic heterocycles. The number of benzene rings is 1. The molecule has 1 saturated heterocycles. The minimum atomic E-state index is -0.0602. The number of aromatic amines is 1. The van der Waals surface area contributed by atoms with Crippen molar-refractivity contribution in [1.82, 2.24) is 9.88 Å². The highest BCUT2D eigenvalue weighted by molar-refractivity contribution is 6.07. The maximum absolute atomic E-state index is 12.7. The molecule has 0 spiro atoms. The van der Waals surface area contributed by atoms with Crippen LogP contribution in [0.3, 0.4) is 0 Å². The van der Waals surface area contributed by atoms with Gasteiger partial charge >= 0.3 is 0 Å². The van der Waals surface area contributed by atoms with Crippen LogP contribution in [-0.4, -0.2) is 40.1 Å². The van der Waals surface area contributed by atoms with Crippen LogP contribution in [0.2, 0.25) is 0 Å². The van der Waals surface area contributed by atoms with Crippen molar-refractivity contribution < 1.29 is 9.90 Å². The first-order chi connectivity index (χ1) is 9.70. The molecule has 1 unspecified atom stereocenters. The normalized spacial score (nSPS) is 19.4. The number of fused-ring (bicyclic) bond motifs is 1. The molecule has 5 nitrogen and oxygen atoms in total. The zero-order valence-corrected chi connectivity index (χ0v) is 11.3. The Morgan fingerprint density at radius 1 is 1.45 bits per heavy atom. The van der Waals surface area contributed by atoms with Gasteiger partial charge in [-0.3, -0.25) is 4.79 Å². The summed E-state index contributed by atoms with van der Waals surface area (Å²) in [6.45, 7) is 0.743. The number of rotatable bonds is 2. The fourth-order valence-corrected chi connectivity index (χ4v) is 2.93. The van der Waals surface area contributed by atoms with Gasteiger partial charge in [-0.1, -0.05) is 0 Å². The molecule has 1 aromatic heterocycles. The van der Waals surface area contributed by atoms with E-state index in [1.54, 1.807) is 17.2 Å². The van der Waals surface area contributed by atoms with Gasteiger partial charge in [0.2, 0.25) is 0 Å². The molecule has 1 aromatic carbocycles. The number of likely N-dealkylation sites (tertiary alicyclic amines) is 1. The summed E-state index contributed by atoms with van der Waals surface area (Å²) >= 11 is 0. The number of aromatic nitrogens is 1. The van der Waals surface area contributed by atoms with Crippen molar-refractivity contribution in [1.29, 1.82) is 0 Å². The number of amides is 1. The number of nitrogens with zero attached hydrogens (tertiary/aromatic N) is 1. The van der Waals surface area contributed by atoms with E-state index in [0.717, 1.165) is 30.2 Å². The number of aliphatic hydroxyl groups is 1. The summed E-state index contributed by atoms with van der Waals surface area (Å²) in [4.78, 5) is 17.6. The molecule has 1 aliphatic rings. The predicted octanol–water partition coefficient (Wildman–Crippen LogP) is 1.74. The average Bonchev–Trinajstić information content (AvgIpc) is 2.89. The number of nitrogens with two attached hydrogens (primary N) is 1. The van der Waals surface area contributed by atoms with Gasteiger partial charge in [-0.05, 0) is 37.5 Å². The molecule has 1 atom stereocenters. The third-order valence-corrected chi connectivity index (χ3v) is 4.03. The van der Waals surface area contributed by atoms with Gasteiger partial charge in [-0.15, -0.1) is 0 Å². The van der Waals surface area contributed by atoms with Crippen LogP contribution in [-0.2, 0) is 0 Å². The smallest absolute Gasteiger partial charge is 0.256 e. The lowest BCUT2D eigenvalue weighted by Gasteiger charge is -2.34. The maximum atomic E-state index is 12.7. The molecule has 20 heavy (non-hydrogen) atoms. The van der Waals surface area contributed by atoms with Crippen LogP contribution >= 0.6 is 0 Å². The first-order valence-electron chi connectivity index (χ1n) is 6.99. The van der Waals surface area contributed by atoms with E-state index in [-0.39, 0.29) is 18.6 Å². The predicted molar refractivity (Wildman–Crippen MR) is 78.5 cm³/mol. The van der Waals surface area contributed by atoms with E-state index in [2.05, 4.69) is 4.98 Å². The van der Waals surface area contributed by atoms with Crippen LogP contribution < -0.4 is 5.73 Å². The Labute approximate surface area is 117 Å². The number of nitrogens with one attached hydrogen (secondary N) is 1. The highest BCUT2D eigenvalue weighted by atomic mass is 16.3. The van der Waals surface area contributed by atoms with Crippen molar-refractivity contribution in [2.45, 2.75) is 25.3 Å². The minimum absolute atomic E-state index is 0.0141. The molecular weight excluding hydrogens is 254 g/mol. The average molecular weight is 273 g/mol. The number of carbonyl (C=O) groups is 1. The molecule has 106 valence electrons. The van der Waals surface area contributed by atoms with Crippen molar-refractivity contribution in [3.8, 4) is 0 Å². The number of hydrogen-bond donors (Lipinski definition) is 3. The molecule has 0 bridgehead atoms. The first kappa shape index (κ1) is 13.0. The highest BCUT2D eigenvalue weighted by Crippen LogP contribution is 2.25. The number of nitrogen functional groups attached to an aromatic ring is 1. The molecule has 2 aromatic rings. The van der Waals surface area contributed by atoms with E-state index in [9.17, 15) is 9.90 Å². The fourth-order valence-electron chi connectivity index (χ4n) is 2.93. The molecule has 4 N–H and O–H groups in total. The summed E-state index contributed by atoms with van der Waals surface area (Å²) in [5.41, 5.74) is 7.94. The number of H-pyrrole nitrogens is 1. The van der Waals surface area contributed by atoms with E-state index in [0.29, 0.717) is 17.8 Å². The molecule has 0 radical (unpaired) electrons. The Hall–Kier alpha value is -2.01. The Bertz CT molecular complexity index is 635. The third kappa shape index (κ3) is 2.14. The summed E-state index contributed by atoms with van der Waals surface area (Å²) in [7, 11) is 0. The van der Waals surface area contributed by atoms with E-state index in [4.69, 9.17) is 5.73 Å². The van der Waals surface area contributed by atoms with Gasteiger partial charge < -0.3 is 20.7 Å². The second-order valence-electron chi connectivity index (χ2n) is 5.34. The zero-order chi connectivity index (χ0) is 14.1. The fraction of sp³-hybridized carbons (Fsp3) is 0.400. The molecule has 1 amide bonds. The van der Waals surface area contributed by atoms with Gasteiger partial charge in [0.25, 0.3) is 5.91 Å². The molecule has 1 fully saturated rings. The van der Waals surface area contributed by atoms with Gasteiger partial charge in [-0.2, -0.15) is 0 Å².